The minimum Gasteiger partial charge on any atom is -0.453 e. The fourth-order valence-corrected chi connectivity index (χ4v) is 2.33. The van der Waals surface area contributed by atoms with Gasteiger partial charge in [-0.1, -0.05) is 0 Å². The molecule has 0 aliphatic heterocycles. The zero-order valence-corrected chi connectivity index (χ0v) is 16.2. The highest BCUT2D eigenvalue weighted by atomic mass is 35.5. The van der Waals surface area contributed by atoms with Crippen LogP contribution in [0.5, 0.6) is 11.5 Å². The molecule has 150 valence electrons. The number of aliphatic hydroxyl groups is 1. The maximum atomic E-state index is 13.9. The highest BCUT2D eigenvalue weighted by Crippen LogP contribution is 2.29. The number of aryl methyl sites for hydroxylation is 1. The zero-order chi connectivity index (χ0) is 19.8. The predicted molar refractivity (Wildman–Crippen MR) is 103 cm³/mol. The van der Waals surface area contributed by atoms with Gasteiger partial charge in [-0.2, -0.15) is 4.98 Å². The molecule has 2 aromatic heterocycles. The average molecular weight is 413 g/mol. The second-order valence-corrected chi connectivity index (χ2v) is 6.68. The summed E-state index contributed by atoms with van der Waals surface area (Å²) in [6.07, 6.45) is 1.42. The van der Waals surface area contributed by atoms with Crippen LogP contribution in [0.1, 0.15) is 13.8 Å². The molecular weight excluding hydrogens is 394 g/mol. The molecule has 0 atom stereocenters. The van der Waals surface area contributed by atoms with Gasteiger partial charge in [0, 0.05) is 31.9 Å². The van der Waals surface area contributed by atoms with Crippen molar-refractivity contribution < 1.29 is 18.6 Å². The van der Waals surface area contributed by atoms with E-state index in [0.717, 1.165) is 12.1 Å². The van der Waals surface area contributed by atoms with Crippen LogP contribution in [-0.2, 0) is 7.05 Å². The number of nitrogens with zero attached hydrogens (tertiary/aromatic N) is 3. The van der Waals surface area contributed by atoms with E-state index >= 15 is 0 Å². The lowest BCUT2D eigenvalue weighted by Crippen LogP contribution is -2.30. The van der Waals surface area contributed by atoms with Gasteiger partial charge in [-0.05, 0) is 26.0 Å². The van der Waals surface area contributed by atoms with Crippen LogP contribution in [-0.4, -0.2) is 31.8 Å². The van der Waals surface area contributed by atoms with Crippen LogP contribution < -0.4 is 15.6 Å². The third-order valence-corrected chi connectivity index (χ3v) is 3.73. The molecule has 0 spiro atoms. The van der Waals surface area contributed by atoms with Crippen molar-refractivity contribution in [1.82, 2.24) is 14.5 Å². The monoisotopic (exact) mass is 412 g/mol. The van der Waals surface area contributed by atoms with Gasteiger partial charge in [-0.15, -0.1) is 12.4 Å². The topological polar surface area (TPSA) is 89.3 Å². The Bertz CT molecular complexity index is 1070. The standard InChI is InChI=1S/C18H18F2N4O3.ClH/c1-18(2,26)9-22-17-21-8-11-14(7-15(25)24(3)16(11)23-17)27-13-5-4-10(19)6-12(13)20;/h4-8,26H,9H2,1-3H3,(H,21,22,23);1H. The molecule has 2 heterocycles. The van der Waals surface area contributed by atoms with Gasteiger partial charge in [0.2, 0.25) is 5.95 Å². The van der Waals surface area contributed by atoms with Crippen LogP contribution in [0.25, 0.3) is 11.0 Å². The molecule has 0 saturated carbocycles. The maximum Gasteiger partial charge on any atom is 0.255 e. The van der Waals surface area contributed by atoms with Gasteiger partial charge >= 0.3 is 0 Å². The summed E-state index contributed by atoms with van der Waals surface area (Å²) in [7, 11) is 1.53. The molecule has 0 aliphatic rings. The number of ether oxygens (including phenoxy) is 1. The SMILES string of the molecule is Cl.Cn1c(=O)cc(Oc2ccc(F)cc2F)c2cnc(NCC(C)(C)O)nc21. The number of hydrogen-bond donors (Lipinski definition) is 2. The van der Waals surface area contributed by atoms with E-state index < -0.39 is 22.8 Å². The zero-order valence-electron chi connectivity index (χ0n) is 15.4. The first kappa shape index (κ1) is 21.5. The average Bonchev–Trinajstić information content (AvgIpc) is 2.59. The molecule has 0 saturated heterocycles. The van der Waals surface area contributed by atoms with E-state index in [1.165, 1.54) is 23.9 Å². The Kier molecular flexibility index (Phi) is 6.20. The van der Waals surface area contributed by atoms with Crippen LogP contribution in [0, 0.1) is 11.6 Å². The number of rotatable bonds is 5. The van der Waals surface area contributed by atoms with Gasteiger partial charge in [0.05, 0.1) is 11.0 Å². The van der Waals surface area contributed by atoms with Gasteiger partial charge in [-0.3, -0.25) is 9.36 Å². The van der Waals surface area contributed by atoms with Crippen LogP contribution in [0.15, 0.2) is 35.3 Å². The van der Waals surface area contributed by atoms with E-state index in [9.17, 15) is 18.7 Å². The summed E-state index contributed by atoms with van der Waals surface area (Å²) in [4.78, 5) is 20.6. The summed E-state index contributed by atoms with van der Waals surface area (Å²) in [5.74, 6) is -1.60. The Labute approximate surface area is 165 Å². The molecule has 2 N–H and O–H groups in total. The summed E-state index contributed by atoms with van der Waals surface area (Å²) in [5, 5.41) is 13.0. The Balaban J connectivity index is 0.00000280. The third-order valence-electron chi connectivity index (χ3n) is 3.73. The van der Waals surface area contributed by atoms with E-state index in [4.69, 9.17) is 4.74 Å². The van der Waals surface area contributed by atoms with E-state index in [1.807, 2.05) is 0 Å². The number of aromatic nitrogens is 3. The number of anilines is 1. The Morgan fingerprint density at radius 2 is 1.96 bits per heavy atom. The first-order valence-corrected chi connectivity index (χ1v) is 8.10. The van der Waals surface area contributed by atoms with Gasteiger partial charge in [0.1, 0.15) is 11.6 Å². The Morgan fingerprint density at radius 3 is 2.61 bits per heavy atom. The predicted octanol–water partition coefficient (Wildman–Crippen LogP) is 3.00. The summed E-state index contributed by atoms with van der Waals surface area (Å²) >= 11 is 0. The van der Waals surface area contributed by atoms with Gasteiger partial charge in [0.25, 0.3) is 5.56 Å². The molecule has 1 aromatic carbocycles. The lowest BCUT2D eigenvalue weighted by atomic mass is 10.1. The molecule has 0 radical (unpaired) electrons. The van der Waals surface area contributed by atoms with Gasteiger partial charge < -0.3 is 15.2 Å². The maximum absolute atomic E-state index is 13.9. The molecule has 0 bridgehead atoms. The van der Waals surface area contributed by atoms with Crippen molar-refractivity contribution in [3.63, 3.8) is 0 Å². The molecule has 3 aromatic rings. The van der Waals surface area contributed by atoms with Gasteiger partial charge in [0.15, 0.2) is 17.2 Å². The second kappa shape index (κ2) is 8.07. The number of pyridine rings is 1. The molecule has 0 unspecified atom stereocenters. The number of halogens is 3. The van der Waals surface area contributed by atoms with E-state index in [0.29, 0.717) is 11.5 Å². The minimum absolute atomic E-state index is 0. The molecule has 0 aliphatic carbocycles. The molecule has 28 heavy (non-hydrogen) atoms. The first-order valence-electron chi connectivity index (χ1n) is 8.10. The highest BCUT2D eigenvalue weighted by molar-refractivity contribution is 5.85. The second-order valence-electron chi connectivity index (χ2n) is 6.68. The van der Waals surface area contributed by atoms with Gasteiger partial charge in [-0.25, -0.2) is 13.8 Å². The minimum atomic E-state index is -0.977. The van der Waals surface area contributed by atoms with Crippen molar-refractivity contribution in [2.24, 2.45) is 7.05 Å². The quantitative estimate of drug-likeness (QED) is 0.669. The molecule has 0 fully saturated rings. The number of fused-ring (bicyclic) bond motifs is 1. The third kappa shape index (κ3) is 4.73. The number of nitrogens with one attached hydrogen (secondary N) is 1. The van der Waals surface area contributed by atoms with Crippen LogP contribution in [0.3, 0.4) is 0 Å². The Morgan fingerprint density at radius 1 is 1.25 bits per heavy atom. The number of hydrogen-bond acceptors (Lipinski definition) is 6. The fraction of sp³-hybridized carbons (Fsp3) is 0.278. The van der Waals surface area contributed by atoms with E-state index in [1.54, 1.807) is 13.8 Å². The molecule has 0 amide bonds. The summed E-state index contributed by atoms with van der Waals surface area (Å²) < 4.78 is 33.7. The van der Waals surface area contributed by atoms with Crippen LogP contribution in [0.2, 0.25) is 0 Å². The summed E-state index contributed by atoms with van der Waals surface area (Å²) in [5.41, 5.74) is -1.14. The van der Waals surface area contributed by atoms with Crippen LogP contribution >= 0.6 is 12.4 Å². The molecule has 7 nitrogen and oxygen atoms in total. The normalized spacial score (nSPS) is 11.2. The molecule has 3 rings (SSSR count). The van der Waals surface area contributed by atoms with Crippen molar-refractivity contribution in [2.45, 2.75) is 19.4 Å². The highest BCUT2D eigenvalue weighted by Gasteiger charge is 2.16. The number of benzene rings is 1. The van der Waals surface area contributed by atoms with Crippen LogP contribution in [0.4, 0.5) is 14.7 Å². The Hall–Kier alpha value is -2.78. The van der Waals surface area contributed by atoms with Crippen molar-refractivity contribution >= 4 is 29.4 Å². The van der Waals surface area contributed by atoms with Crippen molar-refractivity contribution in [3.8, 4) is 11.5 Å². The van der Waals surface area contributed by atoms with Crippen molar-refractivity contribution in [1.29, 1.82) is 0 Å². The van der Waals surface area contributed by atoms with E-state index in [-0.39, 0.29) is 42.0 Å². The lowest BCUT2D eigenvalue weighted by Gasteiger charge is -2.18. The summed E-state index contributed by atoms with van der Waals surface area (Å²) in [6.45, 7) is 3.45. The smallest absolute Gasteiger partial charge is 0.255 e. The van der Waals surface area contributed by atoms with E-state index in [2.05, 4.69) is 15.3 Å². The molecule has 10 heteroatoms. The summed E-state index contributed by atoms with van der Waals surface area (Å²) in [6, 6.07) is 4.05. The first-order chi connectivity index (χ1) is 12.6. The van der Waals surface area contributed by atoms with Crippen molar-refractivity contribution in [2.75, 3.05) is 11.9 Å². The lowest BCUT2D eigenvalue weighted by molar-refractivity contribution is 0.0943. The largest absolute Gasteiger partial charge is 0.453 e. The van der Waals surface area contributed by atoms with Crippen molar-refractivity contribution in [3.05, 3.63) is 52.5 Å². The molecular formula is C18H19ClF2N4O3. The fourth-order valence-electron chi connectivity index (χ4n) is 2.33.